The molecule has 0 spiro atoms. The Kier molecular flexibility index (Phi) is 4.63. The van der Waals surface area contributed by atoms with Crippen molar-refractivity contribution >= 4 is 15.9 Å². The van der Waals surface area contributed by atoms with E-state index in [0.29, 0.717) is 12.0 Å². The molecule has 2 rings (SSSR count). The molecule has 0 aliphatic heterocycles. The number of hydrogen-bond donors (Lipinski definition) is 2. The fraction of sp³-hybridized carbons (Fsp3) is 0.143. The van der Waals surface area contributed by atoms with Crippen molar-refractivity contribution in [1.82, 2.24) is 5.43 Å². The summed E-state index contributed by atoms with van der Waals surface area (Å²) in [7, 11) is 0. The summed E-state index contributed by atoms with van der Waals surface area (Å²) in [5, 5.41) is 0. The largest absolute Gasteiger partial charge is 0.271 e. The predicted molar refractivity (Wildman–Crippen MR) is 74.3 cm³/mol. The molecule has 0 radical (unpaired) electrons. The van der Waals surface area contributed by atoms with Crippen molar-refractivity contribution in [2.24, 2.45) is 5.84 Å². The second kappa shape index (κ2) is 6.23. The first-order valence-corrected chi connectivity index (χ1v) is 6.55. The molecule has 2 aromatic rings. The Morgan fingerprint density at radius 1 is 1.16 bits per heavy atom. The highest BCUT2D eigenvalue weighted by Crippen LogP contribution is 2.26. The normalized spacial score (nSPS) is 12.4. The van der Waals surface area contributed by atoms with Gasteiger partial charge >= 0.3 is 0 Å². The molecule has 1 unspecified atom stereocenters. The number of hydrogen-bond acceptors (Lipinski definition) is 2. The minimum Gasteiger partial charge on any atom is -0.271 e. The van der Waals surface area contributed by atoms with Gasteiger partial charge in [-0.3, -0.25) is 11.3 Å². The van der Waals surface area contributed by atoms with Gasteiger partial charge < -0.3 is 0 Å². The van der Waals surface area contributed by atoms with Gasteiger partial charge in [-0.05, 0) is 29.7 Å². The van der Waals surface area contributed by atoms with E-state index in [1.54, 1.807) is 0 Å². The van der Waals surface area contributed by atoms with Crippen molar-refractivity contribution in [1.29, 1.82) is 0 Å². The van der Waals surface area contributed by atoms with Crippen molar-refractivity contribution < 1.29 is 8.78 Å². The van der Waals surface area contributed by atoms with E-state index >= 15 is 0 Å². The van der Waals surface area contributed by atoms with Crippen LogP contribution in [0.15, 0.2) is 46.9 Å². The van der Waals surface area contributed by atoms with Gasteiger partial charge in [0.15, 0.2) is 0 Å². The van der Waals surface area contributed by atoms with Gasteiger partial charge in [0.25, 0.3) is 0 Å². The number of nitrogens with one attached hydrogen (secondary N) is 1. The molecule has 0 heterocycles. The van der Waals surface area contributed by atoms with Crippen LogP contribution < -0.4 is 11.3 Å². The van der Waals surface area contributed by atoms with Gasteiger partial charge in [0.2, 0.25) is 0 Å². The van der Waals surface area contributed by atoms with Gasteiger partial charge in [0.1, 0.15) is 11.6 Å². The van der Waals surface area contributed by atoms with Gasteiger partial charge in [0, 0.05) is 10.5 Å². The lowest BCUT2D eigenvalue weighted by molar-refractivity contribution is 0.520. The maximum atomic E-state index is 13.6. The fourth-order valence-electron chi connectivity index (χ4n) is 1.92. The van der Waals surface area contributed by atoms with E-state index in [2.05, 4.69) is 21.4 Å². The van der Waals surface area contributed by atoms with Crippen molar-refractivity contribution in [3.63, 3.8) is 0 Å². The molecule has 2 aromatic carbocycles. The second-order valence-electron chi connectivity index (χ2n) is 4.18. The summed E-state index contributed by atoms with van der Waals surface area (Å²) in [5.41, 5.74) is 4.00. The van der Waals surface area contributed by atoms with Crippen molar-refractivity contribution in [2.75, 3.05) is 0 Å². The smallest absolute Gasteiger partial charge is 0.129 e. The molecule has 5 heteroatoms. The number of benzene rings is 2. The molecule has 100 valence electrons. The van der Waals surface area contributed by atoms with Crippen LogP contribution in [0.1, 0.15) is 17.2 Å². The lowest BCUT2D eigenvalue weighted by Gasteiger charge is -2.18. The van der Waals surface area contributed by atoms with E-state index in [0.717, 1.165) is 16.1 Å². The molecule has 1 atom stereocenters. The Labute approximate surface area is 118 Å². The first kappa shape index (κ1) is 14.1. The summed E-state index contributed by atoms with van der Waals surface area (Å²) in [5.74, 6) is 4.39. The van der Waals surface area contributed by atoms with Crippen LogP contribution in [0.5, 0.6) is 0 Å². The van der Waals surface area contributed by atoms with E-state index < -0.39 is 11.6 Å². The van der Waals surface area contributed by atoms with Crippen LogP contribution in [0.2, 0.25) is 0 Å². The Hall–Kier alpha value is -1.30. The molecule has 0 aliphatic carbocycles. The van der Waals surface area contributed by atoms with E-state index in [4.69, 9.17) is 5.84 Å². The highest BCUT2D eigenvalue weighted by atomic mass is 79.9. The van der Waals surface area contributed by atoms with Gasteiger partial charge in [-0.25, -0.2) is 8.78 Å². The summed E-state index contributed by atoms with van der Waals surface area (Å²) >= 11 is 3.43. The van der Waals surface area contributed by atoms with Crippen LogP contribution in [0.3, 0.4) is 0 Å². The molecule has 0 saturated heterocycles. The zero-order chi connectivity index (χ0) is 13.8. The monoisotopic (exact) mass is 326 g/mol. The van der Waals surface area contributed by atoms with E-state index in [1.807, 2.05) is 24.3 Å². The molecule has 3 N–H and O–H groups in total. The Morgan fingerprint density at radius 2 is 1.89 bits per heavy atom. The molecule has 19 heavy (non-hydrogen) atoms. The molecular weight excluding hydrogens is 314 g/mol. The molecule has 0 bridgehead atoms. The maximum absolute atomic E-state index is 13.6. The second-order valence-corrected chi connectivity index (χ2v) is 5.03. The Morgan fingerprint density at radius 3 is 2.53 bits per heavy atom. The first-order valence-electron chi connectivity index (χ1n) is 5.76. The van der Waals surface area contributed by atoms with Gasteiger partial charge in [-0.1, -0.05) is 40.2 Å². The summed E-state index contributed by atoms with van der Waals surface area (Å²) in [6.07, 6.45) is 0.339. The lowest BCUT2D eigenvalue weighted by atomic mass is 9.99. The quantitative estimate of drug-likeness (QED) is 0.667. The van der Waals surface area contributed by atoms with Gasteiger partial charge in [0.05, 0.1) is 6.04 Å². The van der Waals surface area contributed by atoms with E-state index in [9.17, 15) is 8.78 Å². The van der Waals surface area contributed by atoms with Crippen LogP contribution in [-0.2, 0) is 6.42 Å². The van der Waals surface area contributed by atoms with Crippen LogP contribution in [-0.4, -0.2) is 0 Å². The molecule has 0 amide bonds. The third-order valence-corrected chi connectivity index (χ3v) is 3.64. The summed E-state index contributed by atoms with van der Waals surface area (Å²) in [6.45, 7) is 0. The average molecular weight is 327 g/mol. The summed E-state index contributed by atoms with van der Waals surface area (Å²) in [4.78, 5) is 0. The Balaban J connectivity index is 2.27. The molecule has 2 nitrogen and oxygen atoms in total. The predicted octanol–water partition coefficient (Wildman–Crippen LogP) is 3.47. The lowest BCUT2D eigenvalue weighted by Crippen LogP contribution is -2.30. The number of halogens is 3. The van der Waals surface area contributed by atoms with Crippen molar-refractivity contribution in [2.45, 2.75) is 12.5 Å². The summed E-state index contributed by atoms with van der Waals surface area (Å²) in [6, 6.07) is 10.9. The Bertz CT molecular complexity index is 575. The van der Waals surface area contributed by atoms with E-state index in [1.165, 1.54) is 12.1 Å². The highest BCUT2D eigenvalue weighted by Gasteiger charge is 2.15. The van der Waals surface area contributed by atoms with Crippen LogP contribution >= 0.6 is 15.9 Å². The van der Waals surface area contributed by atoms with Gasteiger partial charge in [-0.15, -0.1) is 0 Å². The number of hydrazine groups is 1. The molecule has 0 aromatic heterocycles. The maximum Gasteiger partial charge on any atom is 0.129 e. The zero-order valence-corrected chi connectivity index (χ0v) is 11.6. The number of nitrogens with two attached hydrogens (primary N) is 1. The fourth-order valence-corrected chi connectivity index (χ4v) is 2.48. The molecule has 0 aliphatic rings. The minimum absolute atomic E-state index is 0.254. The number of rotatable bonds is 4. The van der Waals surface area contributed by atoms with Crippen LogP contribution in [0, 0.1) is 11.6 Å². The highest BCUT2D eigenvalue weighted by molar-refractivity contribution is 9.10. The van der Waals surface area contributed by atoms with Crippen molar-refractivity contribution in [3.05, 3.63) is 69.7 Å². The van der Waals surface area contributed by atoms with Gasteiger partial charge in [-0.2, -0.15) is 0 Å². The first-order chi connectivity index (χ1) is 9.11. The molecule has 0 fully saturated rings. The standard InChI is InChI=1S/C14H13BrF2N2/c15-12-4-2-1-3-11(12)14(19-18)7-9-5-6-10(16)8-13(9)17/h1-6,8,14,19H,7,18H2. The third-order valence-electron chi connectivity index (χ3n) is 2.92. The third kappa shape index (κ3) is 3.37. The zero-order valence-electron chi connectivity index (χ0n) is 10.0. The van der Waals surface area contributed by atoms with Crippen molar-refractivity contribution in [3.8, 4) is 0 Å². The minimum atomic E-state index is -0.584. The average Bonchev–Trinajstić information content (AvgIpc) is 2.39. The van der Waals surface area contributed by atoms with E-state index in [-0.39, 0.29) is 6.04 Å². The topological polar surface area (TPSA) is 38.0 Å². The van der Waals surface area contributed by atoms with Crippen LogP contribution in [0.4, 0.5) is 8.78 Å². The SMILES string of the molecule is NNC(Cc1ccc(F)cc1F)c1ccccc1Br. The molecular formula is C14H13BrF2N2. The molecule has 0 saturated carbocycles. The summed E-state index contributed by atoms with van der Waals surface area (Å²) < 4.78 is 27.4. The van der Waals surface area contributed by atoms with Crippen LogP contribution in [0.25, 0.3) is 0 Å².